The van der Waals surface area contributed by atoms with Gasteiger partial charge in [-0.25, -0.2) is 0 Å². The van der Waals surface area contributed by atoms with Gasteiger partial charge in [0.15, 0.2) is 12.1 Å². The Bertz CT molecular complexity index is 217. The van der Waals surface area contributed by atoms with E-state index in [0.29, 0.717) is 6.61 Å². The fourth-order valence-electron chi connectivity index (χ4n) is 1.97. The molecule has 14 heavy (non-hydrogen) atoms. The van der Waals surface area contributed by atoms with Gasteiger partial charge in [-0.3, -0.25) is 0 Å². The highest BCUT2D eigenvalue weighted by molar-refractivity contribution is 4.91. The standard InChI is InChI=1S/C9H16O5/c1-9(2)13-5-4-12-8(10)7(11-3)6(5)14-9/h5-8,10H,4H2,1-3H3. The Balaban J connectivity index is 2.12. The first-order chi connectivity index (χ1) is 6.53. The Labute approximate surface area is 82.9 Å². The largest absolute Gasteiger partial charge is 0.373 e. The summed E-state index contributed by atoms with van der Waals surface area (Å²) in [7, 11) is 1.52. The summed E-state index contributed by atoms with van der Waals surface area (Å²) in [5, 5.41) is 9.50. The lowest BCUT2D eigenvalue weighted by Gasteiger charge is -2.33. The molecule has 2 aliphatic heterocycles. The van der Waals surface area contributed by atoms with Crippen LogP contribution in [0.1, 0.15) is 13.8 Å². The van der Waals surface area contributed by atoms with Crippen molar-refractivity contribution >= 4 is 0 Å². The molecule has 2 rings (SSSR count). The maximum absolute atomic E-state index is 9.50. The van der Waals surface area contributed by atoms with Crippen molar-refractivity contribution in [2.24, 2.45) is 0 Å². The third kappa shape index (κ3) is 1.66. The quantitative estimate of drug-likeness (QED) is 0.644. The minimum Gasteiger partial charge on any atom is -0.373 e. The molecule has 2 saturated heterocycles. The van der Waals surface area contributed by atoms with E-state index >= 15 is 0 Å². The van der Waals surface area contributed by atoms with Crippen LogP contribution in [0.2, 0.25) is 0 Å². The summed E-state index contributed by atoms with van der Waals surface area (Å²) in [6, 6.07) is 0. The number of fused-ring (bicyclic) bond motifs is 1. The van der Waals surface area contributed by atoms with E-state index in [1.807, 2.05) is 13.8 Å². The summed E-state index contributed by atoms with van der Waals surface area (Å²) in [4.78, 5) is 0. The molecule has 0 spiro atoms. The maximum Gasteiger partial charge on any atom is 0.183 e. The van der Waals surface area contributed by atoms with Crippen molar-refractivity contribution in [1.82, 2.24) is 0 Å². The van der Waals surface area contributed by atoms with Gasteiger partial charge in [0.05, 0.1) is 6.61 Å². The van der Waals surface area contributed by atoms with E-state index in [-0.39, 0.29) is 12.2 Å². The average Bonchev–Trinajstić information content (AvgIpc) is 2.39. The molecule has 0 saturated carbocycles. The molecule has 0 radical (unpaired) electrons. The molecule has 0 bridgehead atoms. The van der Waals surface area contributed by atoms with Crippen LogP contribution in [-0.4, -0.2) is 49.2 Å². The van der Waals surface area contributed by atoms with Gasteiger partial charge in [0.2, 0.25) is 0 Å². The molecular formula is C9H16O5. The normalized spacial score (nSPS) is 46.3. The Morgan fingerprint density at radius 2 is 2.07 bits per heavy atom. The fraction of sp³-hybridized carbons (Fsp3) is 1.00. The second-order valence-corrected chi connectivity index (χ2v) is 4.06. The lowest BCUT2D eigenvalue weighted by Crippen LogP contribution is -2.52. The first-order valence-corrected chi connectivity index (χ1v) is 4.71. The van der Waals surface area contributed by atoms with E-state index in [4.69, 9.17) is 18.9 Å². The zero-order chi connectivity index (χ0) is 10.3. The van der Waals surface area contributed by atoms with E-state index in [0.717, 1.165) is 0 Å². The number of hydrogen-bond donors (Lipinski definition) is 1. The van der Waals surface area contributed by atoms with Crippen molar-refractivity contribution in [2.45, 2.75) is 44.2 Å². The summed E-state index contributed by atoms with van der Waals surface area (Å²) in [5.74, 6) is -0.625. The second kappa shape index (κ2) is 3.43. The summed E-state index contributed by atoms with van der Waals surface area (Å²) in [5.41, 5.74) is 0. The van der Waals surface area contributed by atoms with Gasteiger partial charge in [0.1, 0.15) is 18.3 Å². The summed E-state index contributed by atoms with van der Waals surface area (Å²) < 4.78 is 21.5. The number of aliphatic hydroxyl groups is 1. The van der Waals surface area contributed by atoms with Crippen LogP contribution < -0.4 is 0 Å². The molecule has 0 aliphatic carbocycles. The topological polar surface area (TPSA) is 57.2 Å². The summed E-state index contributed by atoms with van der Waals surface area (Å²) in [6.45, 7) is 4.02. The molecule has 2 fully saturated rings. The zero-order valence-corrected chi connectivity index (χ0v) is 8.60. The van der Waals surface area contributed by atoms with Crippen molar-refractivity contribution in [3.8, 4) is 0 Å². The van der Waals surface area contributed by atoms with Crippen LogP contribution >= 0.6 is 0 Å². The van der Waals surface area contributed by atoms with E-state index < -0.39 is 18.2 Å². The number of ether oxygens (including phenoxy) is 4. The molecule has 2 heterocycles. The molecule has 0 aromatic carbocycles. The second-order valence-electron chi connectivity index (χ2n) is 4.06. The maximum atomic E-state index is 9.50. The van der Waals surface area contributed by atoms with E-state index in [1.165, 1.54) is 7.11 Å². The van der Waals surface area contributed by atoms with Crippen LogP contribution in [0.25, 0.3) is 0 Å². The Morgan fingerprint density at radius 3 is 2.71 bits per heavy atom. The van der Waals surface area contributed by atoms with Crippen LogP contribution in [0.5, 0.6) is 0 Å². The van der Waals surface area contributed by atoms with E-state index in [9.17, 15) is 5.11 Å². The fourth-order valence-corrected chi connectivity index (χ4v) is 1.97. The highest BCUT2D eigenvalue weighted by Crippen LogP contribution is 2.34. The molecule has 2 aliphatic rings. The van der Waals surface area contributed by atoms with Gasteiger partial charge >= 0.3 is 0 Å². The van der Waals surface area contributed by atoms with Gasteiger partial charge in [-0.05, 0) is 13.8 Å². The molecule has 4 unspecified atom stereocenters. The SMILES string of the molecule is COC1C(O)OCC2OC(C)(C)OC21. The number of rotatable bonds is 1. The van der Waals surface area contributed by atoms with Crippen LogP contribution in [0, 0.1) is 0 Å². The van der Waals surface area contributed by atoms with Crippen LogP contribution in [0.4, 0.5) is 0 Å². The van der Waals surface area contributed by atoms with Crippen LogP contribution in [0.15, 0.2) is 0 Å². The minimum atomic E-state index is -0.932. The number of hydrogen-bond acceptors (Lipinski definition) is 5. The van der Waals surface area contributed by atoms with Crippen molar-refractivity contribution in [3.05, 3.63) is 0 Å². The van der Waals surface area contributed by atoms with Crippen molar-refractivity contribution in [3.63, 3.8) is 0 Å². The van der Waals surface area contributed by atoms with Gasteiger partial charge in [0.25, 0.3) is 0 Å². The Hall–Kier alpha value is -0.200. The molecule has 1 N–H and O–H groups in total. The third-order valence-corrected chi connectivity index (χ3v) is 2.53. The zero-order valence-electron chi connectivity index (χ0n) is 8.60. The molecule has 4 atom stereocenters. The third-order valence-electron chi connectivity index (χ3n) is 2.53. The predicted molar refractivity (Wildman–Crippen MR) is 46.6 cm³/mol. The summed E-state index contributed by atoms with van der Waals surface area (Å²) in [6.07, 6.45) is -1.81. The first kappa shape index (κ1) is 10.3. The van der Waals surface area contributed by atoms with Gasteiger partial charge in [-0.1, -0.05) is 0 Å². The summed E-state index contributed by atoms with van der Waals surface area (Å²) >= 11 is 0. The van der Waals surface area contributed by atoms with E-state index in [1.54, 1.807) is 0 Å². The lowest BCUT2D eigenvalue weighted by atomic mass is 10.1. The van der Waals surface area contributed by atoms with Crippen molar-refractivity contribution in [1.29, 1.82) is 0 Å². The smallest absolute Gasteiger partial charge is 0.183 e. The molecule has 0 aromatic rings. The molecule has 5 nitrogen and oxygen atoms in total. The number of aliphatic hydroxyl groups excluding tert-OH is 1. The van der Waals surface area contributed by atoms with Crippen LogP contribution in [0.3, 0.4) is 0 Å². The molecular weight excluding hydrogens is 188 g/mol. The van der Waals surface area contributed by atoms with E-state index in [2.05, 4.69) is 0 Å². The number of methoxy groups -OCH3 is 1. The average molecular weight is 204 g/mol. The lowest BCUT2D eigenvalue weighted by molar-refractivity contribution is -0.238. The molecule has 0 amide bonds. The minimum absolute atomic E-state index is 0.154. The highest BCUT2D eigenvalue weighted by Gasteiger charge is 2.50. The molecule has 82 valence electrons. The highest BCUT2D eigenvalue weighted by atomic mass is 16.8. The van der Waals surface area contributed by atoms with Gasteiger partial charge in [0, 0.05) is 7.11 Å². The van der Waals surface area contributed by atoms with Gasteiger partial charge in [-0.15, -0.1) is 0 Å². The Morgan fingerprint density at radius 1 is 1.36 bits per heavy atom. The predicted octanol–water partition coefficient (Wildman–Crippen LogP) is -0.130. The molecule has 0 aromatic heterocycles. The molecule has 5 heteroatoms. The van der Waals surface area contributed by atoms with Gasteiger partial charge < -0.3 is 24.1 Å². The van der Waals surface area contributed by atoms with Gasteiger partial charge in [-0.2, -0.15) is 0 Å². The first-order valence-electron chi connectivity index (χ1n) is 4.71. The van der Waals surface area contributed by atoms with Crippen LogP contribution in [-0.2, 0) is 18.9 Å². The van der Waals surface area contributed by atoms with Crippen molar-refractivity contribution in [2.75, 3.05) is 13.7 Å². The van der Waals surface area contributed by atoms with Crippen molar-refractivity contribution < 1.29 is 24.1 Å². The monoisotopic (exact) mass is 204 g/mol. The Kier molecular flexibility index (Phi) is 2.53.